The second-order valence-electron chi connectivity index (χ2n) is 10.2. The lowest BCUT2D eigenvalue weighted by Crippen LogP contribution is -2.43. The molecule has 3 aromatic rings. The highest BCUT2D eigenvalue weighted by Gasteiger charge is 2.37. The first-order chi connectivity index (χ1) is 20.5. The number of hydrogen-bond donors (Lipinski definition) is 2. The van der Waals surface area contributed by atoms with E-state index in [1.807, 2.05) is 67.6 Å². The first kappa shape index (κ1) is 29.3. The van der Waals surface area contributed by atoms with E-state index >= 15 is 0 Å². The van der Waals surface area contributed by atoms with E-state index in [1.54, 1.807) is 31.0 Å². The Morgan fingerprint density at radius 2 is 1.83 bits per heavy atom. The van der Waals surface area contributed by atoms with Gasteiger partial charge in [-0.1, -0.05) is 49.4 Å². The number of amides is 2. The highest BCUT2D eigenvalue weighted by atomic mass is 32.2. The van der Waals surface area contributed by atoms with Crippen molar-refractivity contribution in [3.05, 3.63) is 95.2 Å². The van der Waals surface area contributed by atoms with E-state index in [2.05, 4.69) is 22.5 Å². The number of unbranched alkanes of at least 4 members (excludes halogenated alkanes) is 1. The number of nitrogens with zero attached hydrogens (tertiary/aromatic N) is 2. The lowest BCUT2D eigenvalue weighted by molar-refractivity contribution is -0.113. The predicted molar refractivity (Wildman–Crippen MR) is 170 cm³/mol. The third-order valence-electron chi connectivity index (χ3n) is 7.20. The molecule has 0 aromatic heterocycles. The summed E-state index contributed by atoms with van der Waals surface area (Å²) in [6.45, 7) is 5.43. The summed E-state index contributed by atoms with van der Waals surface area (Å²) < 4.78 is 11.2. The molecule has 2 aliphatic rings. The molecule has 1 fully saturated rings. The first-order valence-electron chi connectivity index (χ1n) is 14.3. The van der Waals surface area contributed by atoms with E-state index in [0.29, 0.717) is 40.6 Å². The fraction of sp³-hybridized carbons (Fsp3) is 0.303. The molecule has 0 spiro atoms. The van der Waals surface area contributed by atoms with Gasteiger partial charge in [-0.15, -0.1) is 0 Å². The number of para-hydroxylation sites is 2. The van der Waals surface area contributed by atoms with Crippen molar-refractivity contribution in [2.75, 3.05) is 36.6 Å². The van der Waals surface area contributed by atoms with Crippen LogP contribution in [0.25, 0.3) is 0 Å². The maximum Gasteiger partial charge on any atom is 0.255 e. The highest BCUT2D eigenvalue weighted by molar-refractivity contribution is 8.13. The lowest BCUT2D eigenvalue weighted by atomic mass is 9.93. The second kappa shape index (κ2) is 13.6. The molecule has 0 bridgehead atoms. The average molecular weight is 585 g/mol. The van der Waals surface area contributed by atoms with Gasteiger partial charge >= 0.3 is 0 Å². The van der Waals surface area contributed by atoms with Crippen LogP contribution in [-0.2, 0) is 4.79 Å². The molecule has 1 atom stereocenters. The van der Waals surface area contributed by atoms with Gasteiger partial charge in [0, 0.05) is 23.5 Å². The predicted octanol–water partition coefficient (Wildman–Crippen LogP) is 6.89. The Hall–Kier alpha value is -4.24. The fourth-order valence-corrected chi connectivity index (χ4v) is 6.09. The van der Waals surface area contributed by atoms with Gasteiger partial charge in [0.2, 0.25) is 0 Å². The molecular formula is C33H36N4O4S. The van der Waals surface area contributed by atoms with E-state index < -0.39 is 0 Å². The Labute approximate surface area is 251 Å². The number of rotatable bonds is 10. The van der Waals surface area contributed by atoms with Gasteiger partial charge in [0.1, 0.15) is 11.5 Å². The molecule has 218 valence electrons. The number of thioether (sulfide) groups is 1. The summed E-state index contributed by atoms with van der Waals surface area (Å²) in [6.07, 6.45) is 3.03. The summed E-state index contributed by atoms with van der Waals surface area (Å²) in [5.74, 6) is 1.86. The molecule has 3 aromatic carbocycles. The Bertz CT molecular complexity index is 1500. The maximum atomic E-state index is 13.9. The largest absolute Gasteiger partial charge is 0.495 e. The van der Waals surface area contributed by atoms with Crippen LogP contribution in [0, 0.1) is 0 Å². The number of carbonyl (C=O) groups is 2. The molecule has 0 saturated carbocycles. The highest BCUT2D eigenvalue weighted by Crippen LogP contribution is 2.40. The minimum Gasteiger partial charge on any atom is -0.495 e. The van der Waals surface area contributed by atoms with Crippen molar-refractivity contribution in [2.24, 2.45) is 4.99 Å². The van der Waals surface area contributed by atoms with Crippen molar-refractivity contribution in [1.29, 1.82) is 0 Å². The molecule has 0 aliphatic carbocycles. The molecule has 2 aliphatic heterocycles. The molecule has 0 radical (unpaired) electrons. The van der Waals surface area contributed by atoms with Crippen LogP contribution in [0.15, 0.2) is 89.1 Å². The zero-order chi connectivity index (χ0) is 29.5. The summed E-state index contributed by atoms with van der Waals surface area (Å²) in [7, 11) is 1.58. The molecule has 9 heteroatoms. The molecule has 5 rings (SSSR count). The summed E-state index contributed by atoms with van der Waals surface area (Å²) in [4.78, 5) is 34.0. The number of ether oxygens (including phenoxy) is 2. The number of fused-ring (bicyclic) bond motifs is 1. The van der Waals surface area contributed by atoms with Crippen LogP contribution >= 0.6 is 11.8 Å². The maximum absolute atomic E-state index is 13.9. The van der Waals surface area contributed by atoms with Crippen molar-refractivity contribution in [1.82, 2.24) is 4.90 Å². The van der Waals surface area contributed by atoms with Crippen LogP contribution in [0.5, 0.6) is 11.5 Å². The van der Waals surface area contributed by atoms with Gasteiger partial charge in [-0.2, -0.15) is 0 Å². The zero-order valence-corrected chi connectivity index (χ0v) is 25.0. The monoisotopic (exact) mass is 584 g/mol. The van der Waals surface area contributed by atoms with Gasteiger partial charge in [-0.25, -0.2) is 4.99 Å². The first-order valence-corrected chi connectivity index (χ1v) is 15.2. The number of methoxy groups -OCH3 is 1. The number of allylic oxidation sites excluding steroid dienone is 1. The van der Waals surface area contributed by atoms with Gasteiger partial charge in [-0.05, 0) is 73.9 Å². The van der Waals surface area contributed by atoms with Crippen molar-refractivity contribution >= 4 is 40.1 Å². The summed E-state index contributed by atoms with van der Waals surface area (Å²) in [6, 6.07) is 21.8. The van der Waals surface area contributed by atoms with Crippen LogP contribution in [0.3, 0.4) is 0 Å². The van der Waals surface area contributed by atoms with E-state index in [4.69, 9.17) is 14.5 Å². The topological polar surface area (TPSA) is 92.3 Å². The molecule has 2 heterocycles. The molecule has 42 heavy (non-hydrogen) atoms. The van der Waals surface area contributed by atoms with Crippen molar-refractivity contribution in [3.63, 3.8) is 0 Å². The van der Waals surface area contributed by atoms with Crippen LogP contribution in [-0.4, -0.2) is 47.9 Å². The van der Waals surface area contributed by atoms with Gasteiger partial charge in [0.15, 0.2) is 5.17 Å². The number of aliphatic imine (C=N–C) groups is 1. The molecular weight excluding hydrogens is 548 g/mol. The Balaban J connectivity index is 1.40. The van der Waals surface area contributed by atoms with Crippen molar-refractivity contribution in [2.45, 2.75) is 39.2 Å². The quantitative estimate of drug-likeness (QED) is 0.252. The van der Waals surface area contributed by atoms with Crippen LogP contribution in [0.4, 0.5) is 11.4 Å². The molecule has 1 unspecified atom stereocenters. The van der Waals surface area contributed by atoms with E-state index in [1.165, 1.54) is 0 Å². The van der Waals surface area contributed by atoms with Crippen molar-refractivity contribution < 1.29 is 19.1 Å². The van der Waals surface area contributed by atoms with Gasteiger partial charge < -0.3 is 25.0 Å². The van der Waals surface area contributed by atoms with Crippen LogP contribution in [0.2, 0.25) is 0 Å². The number of nitrogens with one attached hydrogen (secondary N) is 2. The molecule has 1 saturated heterocycles. The van der Waals surface area contributed by atoms with Gasteiger partial charge in [0.25, 0.3) is 11.8 Å². The zero-order valence-electron chi connectivity index (χ0n) is 24.2. The van der Waals surface area contributed by atoms with Crippen LogP contribution < -0.4 is 20.1 Å². The van der Waals surface area contributed by atoms with E-state index in [-0.39, 0.29) is 17.9 Å². The number of hydrogen-bond acceptors (Lipinski definition) is 7. The Kier molecular flexibility index (Phi) is 9.48. The van der Waals surface area contributed by atoms with E-state index in [0.717, 1.165) is 48.0 Å². The minimum absolute atomic E-state index is 0.215. The van der Waals surface area contributed by atoms with Gasteiger partial charge in [-0.3, -0.25) is 9.59 Å². The van der Waals surface area contributed by atoms with Gasteiger partial charge in [0.05, 0.1) is 36.7 Å². The normalized spacial score (nSPS) is 16.3. The molecule has 8 nitrogen and oxygen atoms in total. The lowest BCUT2D eigenvalue weighted by Gasteiger charge is -2.41. The number of amidine groups is 1. The van der Waals surface area contributed by atoms with Crippen LogP contribution in [0.1, 0.15) is 55.1 Å². The number of benzene rings is 3. The minimum atomic E-state index is -0.364. The van der Waals surface area contributed by atoms with Crippen molar-refractivity contribution in [3.8, 4) is 11.5 Å². The smallest absolute Gasteiger partial charge is 0.255 e. The Morgan fingerprint density at radius 3 is 2.62 bits per heavy atom. The second-order valence-corrected chi connectivity index (χ2v) is 11.2. The average Bonchev–Trinajstić information content (AvgIpc) is 3.01. The SMILES string of the molecule is CCCCOc1ccc(C(=O)Nc2cccc(C3C(C(=O)Nc4ccccc4OC)=C(C)N=C4SCCCN43)c2)cc1. The third-order valence-corrected chi connectivity index (χ3v) is 8.28. The summed E-state index contributed by atoms with van der Waals surface area (Å²) in [5.41, 5.74) is 3.91. The molecule has 2 N–H and O–H groups in total. The Morgan fingerprint density at radius 1 is 1.02 bits per heavy atom. The number of carbonyl (C=O) groups excluding carboxylic acids is 2. The summed E-state index contributed by atoms with van der Waals surface area (Å²) in [5, 5.41) is 6.98. The standard InChI is InChI=1S/C33H36N4O4S/c1-4-5-19-41-26-16-14-23(15-17-26)31(38)35-25-11-8-10-24(21-25)30-29(22(2)34-33-37(30)18-9-20-42-33)32(39)36-27-12-6-7-13-28(27)40-3/h6-8,10-17,21,30H,4-5,9,18-20H2,1-3H3,(H,35,38)(H,36,39). The van der Waals surface area contributed by atoms with E-state index in [9.17, 15) is 9.59 Å². The number of anilines is 2. The molecule has 2 amide bonds. The summed E-state index contributed by atoms with van der Waals surface area (Å²) >= 11 is 1.70. The third kappa shape index (κ3) is 6.62. The fourth-order valence-electron chi connectivity index (χ4n) is 5.07.